The third-order valence-electron chi connectivity index (χ3n) is 17.0. The number of fused-ring (bicyclic) bond motifs is 13. The van der Waals surface area contributed by atoms with Gasteiger partial charge < -0.3 is 0 Å². The van der Waals surface area contributed by atoms with Crippen LogP contribution in [0.3, 0.4) is 0 Å². The first-order valence-electron chi connectivity index (χ1n) is 26.0. The fourth-order valence-electron chi connectivity index (χ4n) is 13.2. The van der Waals surface area contributed by atoms with Crippen LogP contribution < -0.4 is 0 Å². The summed E-state index contributed by atoms with van der Waals surface area (Å²) in [7, 11) is 50.4. The molecule has 10 aromatic carbocycles. The number of rotatable bonds is 8. The Labute approximate surface area is 468 Å². The Morgan fingerprint density at radius 3 is 1.04 bits per heavy atom. The maximum Gasteiger partial charge on any atom is 0.0427 e. The average Bonchev–Trinajstić information content (AvgIpc) is 4.20. The number of thiophene rings is 2. The van der Waals surface area contributed by atoms with E-state index in [1.54, 1.807) is 0 Å². The zero-order valence-electron chi connectivity index (χ0n) is 42.9. The SMILES string of the molecule is Cc1sc2c(-c3c4c(cc5c3ccc3c6cc7c(c(-c8cccc9c(C)c(C)sc89)c6ccc53)-c3cccc5cccc-7c35)-c3cccc5cccc-4c35)cccc2c1C.[B]B([B])B([B])B(B([B])[B])B(B([B])[B])B([B])[B]. The fraction of sp³-hybridized carbons (Fsp3) is 0.0690. The van der Waals surface area contributed by atoms with Crippen molar-refractivity contribution in [3.8, 4) is 66.8 Å². The molecule has 2 aromatic heterocycles. The van der Waals surface area contributed by atoms with Gasteiger partial charge in [-0.25, -0.2) is 0 Å². The average molecular weight is 970 g/mol. The van der Waals surface area contributed by atoms with Crippen molar-refractivity contribution in [2.75, 3.05) is 0 Å². The van der Waals surface area contributed by atoms with E-state index in [4.69, 9.17) is 69.6 Å². The van der Waals surface area contributed by atoms with Crippen LogP contribution in [0.2, 0.25) is 0 Å². The molecule has 76 heavy (non-hydrogen) atoms. The lowest BCUT2D eigenvalue weighted by atomic mass is 8.44. The maximum absolute atomic E-state index is 5.81. The summed E-state index contributed by atoms with van der Waals surface area (Å²) in [6.07, 6.45) is -5.02. The number of hydrogen-bond donors (Lipinski definition) is 0. The predicted molar refractivity (Wildman–Crippen MR) is 355 cm³/mol. The predicted octanol–water partition coefficient (Wildman–Crippen LogP) is 11.7. The third-order valence-corrected chi connectivity index (χ3v) is 19.5. The molecule has 0 N–H and O–H groups in total. The highest BCUT2D eigenvalue weighted by Gasteiger charge is 2.39. The molecule has 0 spiro atoms. The van der Waals surface area contributed by atoms with E-state index in [1.165, 1.54) is 162 Å². The van der Waals surface area contributed by atoms with E-state index in [1.807, 2.05) is 22.7 Å². The van der Waals surface area contributed by atoms with Crippen LogP contribution in [-0.2, 0) is 0 Å². The van der Waals surface area contributed by atoms with E-state index in [0.29, 0.717) is 0 Å². The lowest BCUT2D eigenvalue weighted by Gasteiger charge is -2.37. The Bertz CT molecular complexity index is 4150. The van der Waals surface area contributed by atoms with Gasteiger partial charge in [0.25, 0.3) is 0 Å². The molecule has 0 saturated carbocycles. The van der Waals surface area contributed by atoms with Crippen LogP contribution >= 0.6 is 22.7 Å². The van der Waals surface area contributed by atoms with Crippen LogP contribution in [0.1, 0.15) is 20.9 Å². The van der Waals surface area contributed by atoms with Gasteiger partial charge in [0.1, 0.15) is 0 Å². The molecule has 12 aromatic rings. The molecule has 14 rings (SSSR count). The normalized spacial score (nSPS) is 11.9. The quantitative estimate of drug-likeness (QED) is 0.105. The lowest BCUT2D eigenvalue weighted by molar-refractivity contribution is 1.47. The van der Waals surface area contributed by atoms with Crippen LogP contribution in [0.5, 0.6) is 0 Å². The van der Waals surface area contributed by atoms with Crippen LogP contribution in [-0.4, -0.2) is 114 Å². The highest BCUT2D eigenvalue weighted by Crippen LogP contribution is 2.58. The molecule has 0 atom stereocenters. The van der Waals surface area contributed by atoms with E-state index in [-0.39, 0.29) is 0 Å². The number of hydrogen-bond acceptors (Lipinski definition) is 2. The minimum atomic E-state index is -0.807. The molecule has 0 unspecified atom stereocenters. The van der Waals surface area contributed by atoms with Gasteiger partial charge in [0.2, 0.25) is 0 Å². The Kier molecular flexibility index (Phi) is 12.4. The van der Waals surface area contributed by atoms with E-state index in [9.17, 15) is 0 Å². The van der Waals surface area contributed by atoms with Gasteiger partial charge in [0, 0.05) is 145 Å². The first-order chi connectivity index (χ1) is 36.6. The molecule has 18 heteroatoms. The summed E-state index contributed by atoms with van der Waals surface area (Å²) >= 11 is 3.89. The van der Waals surface area contributed by atoms with Crippen molar-refractivity contribution in [1.29, 1.82) is 0 Å². The summed E-state index contributed by atoms with van der Waals surface area (Å²) in [5.41, 5.74) is 18.9. The second kappa shape index (κ2) is 18.8. The molecule has 0 fully saturated rings. The van der Waals surface area contributed by atoms with Crippen LogP contribution in [0.4, 0.5) is 0 Å². The monoisotopic (exact) mass is 972 g/mol. The molecule has 0 amide bonds. The van der Waals surface area contributed by atoms with E-state index in [2.05, 4.69) is 173 Å². The van der Waals surface area contributed by atoms with Gasteiger partial charge in [-0.2, -0.15) is 0 Å². The van der Waals surface area contributed by atoms with Crippen molar-refractivity contribution in [2.45, 2.75) is 27.7 Å². The van der Waals surface area contributed by atoms with Crippen LogP contribution in [0, 0.1) is 27.7 Å². The summed E-state index contributed by atoms with van der Waals surface area (Å²) in [6, 6.07) is 56.2. The molecule has 2 heterocycles. The smallest absolute Gasteiger partial charge is 0.0427 e. The molecule has 2 aliphatic carbocycles. The standard InChI is InChI=1S/C58H36S2.B16/c1-29-31(3)59-57-35(29)15-9-21-45(57)53-41-25-23-38-37(47(41)27-49-39-17-5-11-33-13-7-19-43(51(33)39)55(49)53)24-26-42-48(38)28-50-40-18-6-12-34-14-8-20-44(52(34)40)56(50)54(42)46-22-10-16-36-30(2)32(4)60-58(36)46;1-10(2)14(9)16(13(7)8)15(11(3)4)12(5)6/h5-28H,1-4H3;. The summed E-state index contributed by atoms with van der Waals surface area (Å²) in [4.78, 5) is 2.78. The largest absolute Gasteiger partial charge is 0.140 e. The van der Waals surface area contributed by atoms with Crippen molar-refractivity contribution >= 4 is 211 Å². The first-order valence-corrected chi connectivity index (χ1v) is 27.6. The Morgan fingerprint density at radius 1 is 0.303 bits per heavy atom. The molecule has 328 valence electrons. The summed E-state index contributed by atoms with van der Waals surface area (Å²) in [6.45, 7) is 9.12. The number of benzene rings is 10. The molecule has 18 radical (unpaired) electrons. The van der Waals surface area contributed by atoms with Gasteiger partial charge in [-0.15, -0.1) is 22.7 Å². The molecule has 2 aliphatic rings. The lowest BCUT2D eigenvalue weighted by Crippen LogP contribution is -2.75. The van der Waals surface area contributed by atoms with Gasteiger partial charge in [-0.1, -0.05) is 133 Å². The molecule has 0 saturated heterocycles. The topological polar surface area (TPSA) is 0 Å². The third kappa shape index (κ3) is 7.45. The minimum Gasteiger partial charge on any atom is -0.140 e. The Balaban J connectivity index is 0.000000302. The fourth-order valence-corrected chi connectivity index (χ4v) is 15.5. The summed E-state index contributed by atoms with van der Waals surface area (Å²) in [5, 5.41) is 15.9. The highest BCUT2D eigenvalue weighted by molar-refractivity contribution is 8.13. The number of aryl methyl sites for hydroxylation is 4. The molecular formula is C58H36B16S2. The summed E-state index contributed by atoms with van der Waals surface area (Å²) < 4.78 is 2.76. The van der Waals surface area contributed by atoms with E-state index in [0.717, 1.165) is 0 Å². The van der Waals surface area contributed by atoms with Gasteiger partial charge in [-0.3, -0.25) is 0 Å². The van der Waals surface area contributed by atoms with Crippen molar-refractivity contribution in [1.82, 2.24) is 0 Å². The van der Waals surface area contributed by atoms with Gasteiger partial charge in [0.15, 0.2) is 0 Å². The first kappa shape index (κ1) is 50.0. The van der Waals surface area contributed by atoms with Crippen molar-refractivity contribution in [2.24, 2.45) is 0 Å². The van der Waals surface area contributed by atoms with Crippen LogP contribution in [0.25, 0.3) is 141 Å². The molecule has 0 bridgehead atoms. The zero-order valence-corrected chi connectivity index (χ0v) is 44.5. The van der Waals surface area contributed by atoms with Gasteiger partial charge >= 0.3 is 0 Å². The second-order valence-corrected chi connectivity index (χ2v) is 23.6. The highest BCUT2D eigenvalue weighted by atomic mass is 32.1. The second-order valence-electron chi connectivity index (χ2n) is 21.2. The zero-order chi connectivity index (χ0) is 52.7. The maximum atomic E-state index is 5.81. The Hall–Kier alpha value is -5.54. The Morgan fingerprint density at radius 2 is 0.658 bits per heavy atom. The van der Waals surface area contributed by atoms with E-state index < -0.39 is 44.7 Å². The molecular weight excluding hydrogens is 934 g/mol. The molecule has 0 aliphatic heterocycles. The van der Waals surface area contributed by atoms with Crippen molar-refractivity contribution in [3.63, 3.8) is 0 Å². The van der Waals surface area contributed by atoms with E-state index >= 15 is 0 Å². The minimum absolute atomic E-state index is 0.556. The van der Waals surface area contributed by atoms with Crippen molar-refractivity contribution < 1.29 is 0 Å². The van der Waals surface area contributed by atoms with Gasteiger partial charge in [0.05, 0.1) is 0 Å². The van der Waals surface area contributed by atoms with Crippen LogP contribution in [0.15, 0.2) is 146 Å². The summed E-state index contributed by atoms with van der Waals surface area (Å²) in [5.74, 6) is 0. The van der Waals surface area contributed by atoms with Crippen molar-refractivity contribution in [3.05, 3.63) is 166 Å². The van der Waals surface area contributed by atoms with Gasteiger partial charge in [-0.05, 0) is 171 Å². The molecule has 0 nitrogen and oxygen atoms in total.